The number of nitrogens with zero attached hydrogens (tertiary/aromatic N) is 2. The molecule has 0 saturated heterocycles. The highest BCUT2D eigenvalue weighted by Crippen LogP contribution is 2.30. The minimum absolute atomic E-state index is 0.496. The van der Waals surface area contributed by atoms with Crippen LogP contribution in [0.2, 0.25) is 0 Å². The van der Waals surface area contributed by atoms with Crippen LogP contribution in [0.3, 0.4) is 0 Å². The minimum Gasteiger partial charge on any atom is -0.416 e. The molecule has 0 N–H and O–H groups in total. The largest absolute Gasteiger partial charge is 0.416 e. The van der Waals surface area contributed by atoms with E-state index in [-0.39, 0.29) is 0 Å². The summed E-state index contributed by atoms with van der Waals surface area (Å²) in [6.07, 6.45) is 0. The Bertz CT molecular complexity index is 991. The van der Waals surface area contributed by atoms with Crippen molar-refractivity contribution < 1.29 is 4.42 Å². The van der Waals surface area contributed by atoms with Gasteiger partial charge in [-0.1, -0.05) is 62.2 Å². The Morgan fingerprint density at radius 3 is 2.04 bits per heavy atom. The van der Waals surface area contributed by atoms with Crippen molar-refractivity contribution in [1.29, 1.82) is 0 Å². The highest BCUT2D eigenvalue weighted by molar-refractivity contribution is 9.11. The van der Waals surface area contributed by atoms with Crippen molar-refractivity contribution in [3.8, 4) is 22.9 Å². The molecular formula is C18H10Br2N2O. The summed E-state index contributed by atoms with van der Waals surface area (Å²) in [7, 11) is 0. The van der Waals surface area contributed by atoms with E-state index in [2.05, 4.69) is 66.3 Å². The van der Waals surface area contributed by atoms with E-state index in [0.717, 1.165) is 25.5 Å². The smallest absolute Gasteiger partial charge is 0.248 e. The molecule has 0 amide bonds. The Kier molecular flexibility index (Phi) is 3.75. The first-order chi connectivity index (χ1) is 11.2. The van der Waals surface area contributed by atoms with Crippen molar-refractivity contribution in [2.24, 2.45) is 0 Å². The second kappa shape index (κ2) is 5.91. The summed E-state index contributed by atoms with van der Waals surface area (Å²) in [6, 6.07) is 20.2. The number of fused-ring (bicyclic) bond motifs is 1. The highest BCUT2D eigenvalue weighted by atomic mass is 79.9. The van der Waals surface area contributed by atoms with E-state index in [9.17, 15) is 0 Å². The van der Waals surface area contributed by atoms with Gasteiger partial charge in [-0.15, -0.1) is 10.2 Å². The predicted molar refractivity (Wildman–Crippen MR) is 98.1 cm³/mol. The summed E-state index contributed by atoms with van der Waals surface area (Å²) in [4.78, 5) is 0. The maximum atomic E-state index is 5.85. The molecule has 4 aromatic rings. The fourth-order valence-corrected chi connectivity index (χ4v) is 3.75. The van der Waals surface area contributed by atoms with Crippen LogP contribution >= 0.6 is 31.9 Å². The molecule has 112 valence electrons. The van der Waals surface area contributed by atoms with Gasteiger partial charge in [0.1, 0.15) is 0 Å². The maximum absolute atomic E-state index is 5.85. The second-order valence-corrected chi connectivity index (χ2v) is 6.96. The number of halogens is 2. The van der Waals surface area contributed by atoms with Gasteiger partial charge in [-0.3, -0.25) is 0 Å². The van der Waals surface area contributed by atoms with E-state index >= 15 is 0 Å². The van der Waals surface area contributed by atoms with Crippen LogP contribution in [0.1, 0.15) is 0 Å². The molecule has 0 aliphatic carbocycles. The molecule has 1 aromatic heterocycles. The summed E-state index contributed by atoms with van der Waals surface area (Å²) in [6.45, 7) is 0. The lowest BCUT2D eigenvalue weighted by Gasteiger charge is -2.00. The first-order valence-corrected chi connectivity index (χ1v) is 8.57. The monoisotopic (exact) mass is 428 g/mol. The molecule has 0 aliphatic rings. The fourth-order valence-electron chi connectivity index (χ4n) is 2.46. The molecule has 3 nitrogen and oxygen atoms in total. The molecule has 0 radical (unpaired) electrons. The zero-order valence-electron chi connectivity index (χ0n) is 11.8. The quantitative estimate of drug-likeness (QED) is 0.387. The molecular weight excluding hydrogens is 420 g/mol. The summed E-state index contributed by atoms with van der Waals surface area (Å²) in [5.74, 6) is 1.01. The normalized spacial score (nSPS) is 11.0. The Balaban J connectivity index is 1.76. The molecule has 0 aliphatic heterocycles. The summed E-state index contributed by atoms with van der Waals surface area (Å²) < 4.78 is 7.75. The number of hydrogen-bond donors (Lipinski definition) is 0. The topological polar surface area (TPSA) is 38.9 Å². The van der Waals surface area contributed by atoms with Gasteiger partial charge in [0.05, 0.1) is 0 Å². The van der Waals surface area contributed by atoms with E-state index in [1.165, 1.54) is 5.39 Å². The maximum Gasteiger partial charge on any atom is 0.248 e. The van der Waals surface area contributed by atoms with Crippen LogP contribution in [0.15, 0.2) is 74.0 Å². The molecule has 0 atom stereocenters. The molecule has 0 fully saturated rings. The molecule has 5 heteroatoms. The van der Waals surface area contributed by atoms with Crippen molar-refractivity contribution in [3.05, 3.63) is 69.6 Å². The fraction of sp³-hybridized carbons (Fsp3) is 0. The Morgan fingerprint density at radius 1 is 0.652 bits per heavy atom. The molecule has 3 aromatic carbocycles. The SMILES string of the molecule is Brc1cc(Br)cc(-c2nnc(-c3ccc4ccccc4c3)o2)c1. The molecule has 1 heterocycles. The lowest BCUT2D eigenvalue weighted by molar-refractivity contribution is 0.584. The first-order valence-electron chi connectivity index (χ1n) is 6.98. The van der Waals surface area contributed by atoms with Gasteiger partial charge >= 0.3 is 0 Å². The highest BCUT2D eigenvalue weighted by Gasteiger charge is 2.12. The molecule has 0 unspecified atom stereocenters. The third kappa shape index (κ3) is 2.94. The summed E-state index contributed by atoms with van der Waals surface area (Å²) in [5.41, 5.74) is 1.78. The number of hydrogen-bond acceptors (Lipinski definition) is 3. The zero-order chi connectivity index (χ0) is 15.8. The van der Waals surface area contributed by atoms with Gasteiger partial charge in [0, 0.05) is 20.1 Å². The van der Waals surface area contributed by atoms with E-state index < -0.39 is 0 Å². The van der Waals surface area contributed by atoms with Crippen molar-refractivity contribution in [1.82, 2.24) is 10.2 Å². The Morgan fingerprint density at radius 2 is 1.30 bits per heavy atom. The average molecular weight is 430 g/mol. The third-order valence-electron chi connectivity index (χ3n) is 3.53. The average Bonchev–Trinajstić information content (AvgIpc) is 3.03. The molecule has 23 heavy (non-hydrogen) atoms. The summed E-state index contributed by atoms with van der Waals surface area (Å²) in [5, 5.41) is 10.7. The molecule has 4 rings (SSSR count). The molecule has 0 bridgehead atoms. The number of rotatable bonds is 2. The van der Waals surface area contributed by atoms with Gasteiger partial charge in [0.15, 0.2) is 0 Å². The van der Waals surface area contributed by atoms with Crippen molar-refractivity contribution >= 4 is 42.6 Å². The van der Waals surface area contributed by atoms with E-state index in [1.54, 1.807) is 0 Å². The van der Waals surface area contributed by atoms with Crippen molar-refractivity contribution in [2.75, 3.05) is 0 Å². The van der Waals surface area contributed by atoms with Crippen molar-refractivity contribution in [2.45, 2.75) is 0 Å². The predicted octanol–water partition coefficient (Wildman–Crippen LogP) is 6.08. The molecule has 0 saturated carbocycles. The number of benzene rings is 3. The van der Waals surface area contributed by atoms with Gasteiger partial charge in [0.2, 0.25) is 11.8 Å². The van der Waals surface area contributed by atoms with Gasteiger partial charge in [-0.2, -0.15) is 0 Å². The van der Waals surface area contributed by atoms with Crippen LogP contribution in [0.4, 0.5) is 0 Å². The minimum atomic E-state index is 0.496. The van der Waals surface area contributed by atoms with Crippen LogP contribution in [-0.4, -0.2) is 10.2 Å². The van der Waals surface area contributed by atoms with E-state index in [4.69, 9.17) is 4.42 Å². The molecule has 0 spiro atoms. The summed E-state index contributed by atoms with van der Waals surface area (Å²) >= 11 is 6.94. The Labute approximate surface area is 149 Å². The van der Waals surface area contributed by atoms with Crippen molar-refractivity contribution in [3.63, 3.8) is 0 Å². The van der Waals surface area contributed by atoms with Crippen LogP contribution in [0.25, 0.3) is 33.7 Å². The zero-order valence-corrected chi connectivity index (χ0v) is 15.0. The number of aromatic nitrogens is 2. The van der Waals surface area contributed by atoms with Crippen LogP contribution in [0, 0.1) is 0 Å². The Hall–Kier alpha value is -1.98. The van der Waals surface area contributed by atoms with E-state index in [0.29, 0.717) is 11.8 Å². The van der Waals surface area contributed by atoms with Crippen LogP contribution < -0.4 is 0 Å². The van der Waals surface area contributed by atoms with Gasteiger partial charge in [-0.05, 0) is 41.1 Å². The van der Waals surface area contributed by atoms with Gasteiger partial charge in [-0.25, -0.2) is 0 Å². The lowest BCUT2D eigenvalue weighted by Crippen LogP contribution is -1.79. The van der Waals surface area contributed by atoms with Gasteiger partial charge in [0.25, 0.3) is 0 Å². The third-order valence-corrected chi connectivity index (χ3v) is 4.45. The van der Waals surface area contributed by atoms with Crippen LogP contribution in [-0.2, 0) is 0 Å². The van der Waals surface area contributed by atoms with Gasteiger partial charge < -0.3 is 4.42 Å². The first kappa shape index (κ1) is 14.6. The second-order valence-electron chi connectivity index (χ2n) is 5.13. The van der Waals surface area contributed by atoms with E-state index in [1.807, 2.05) is 36.4 Å². The lowest BCUT2D eigenvalue weighted by atomic mass is 10.1. The standard InChI is InChI=1S/C18H10Br2N2O/c19-15-8-14(9-16(20)10-15)18-22-21-17(23-18)13-6-5-11-3-1-2-4-12(11)7-13/h1-10H. The van der Waals surface area contributed by atoms with Crippen LogP contribution in [0.5, 0.6) is 0 Å².